The van der Waals surface area contributed by atoms with E-state index in [2.05, 4.69) is 10.7 Å². The summed E-state index contributed by atoms with van der Waals surface area (Å²) in [5.41, 5.74) is 3.95. The zero-order chi connectivity index (χ0) is 24.7. The molecule has 2 aromatic rings. The molecule has 182 valence electrons. The first kappa shape index (κ1) is 25.5. The molecule has 34 heavy (non-hydrogen) atoms. The van der Waals surface area contributed by atoms with Crippen LogP contribution in [0.1, 0.15) is 12.8 Å². The fourth-order valence-electron chi connectivity index (χ4n) is 3.23. The fraction of sp³-hybridized carbons (Fsp3) is 0.318. The molecule has 0 aliphatic carbocycles. The van der Waals surface area contributed by atoms with Gasteiger partial charge in [-0.1, -0.05) is 11.6 Å². The van der Waals surface area contributed by atoms with E-state index < -0.39 is 21.8 Å². The van der Waals surface area contributed by atoms with Crippen LogP contribution in [0, 0.1) is 0 Å². The summed E-state index contributed by atoms with van der Waals surface area (Å²) in [6.07, 6.45) is 1.10. The van der Waals surface area contributed by atoms with Crippen LogP contribution >= 0.6 is 11.6 Å². The molecule has 1 heterocycles. The molecule has 1 saturated heterocycles. The minimum Gasteiger partial charge on any atom is -0.370 e. The van der Waals surface area contributed by atoms with E-state index in [0.717, 1.165) is 11.3 Å². The van der Waals surface area contributed by atoms with Crippen LogP contribution in [0.25, 0.3) is 0 Å². The van der Waals surface area contributed by atoms with Crippen molar-refractivity contribution in [1.82, 2.24) is 5.43 Å². The molecule has 1 fully saturated rings. The van der Waals surface area contributed by atoms with Gasteiger partial charge in [0, 0.05) is 35.6 Å². The predicted molar refractivity (Wildman–Crippen MR) is 130 cm³/mol. The number of hydrogen-bond acceptors (Lipinski definition) is 6. The molecule has 10 nitrogen and oxygen atoms in total. The minimum atomic E-state index is -3.23. The number of nitrogens with one attached hydrogen (secondary N) is 2. The number of nitrogens with zero attached hydrogens (tertiary/aromatic N) is 2. The van der Waals surface area contributed by atoms with E-state index in [9.17, 15) is 22.8 Å². The van der Waals surface area contributed by atoms with Crippen molar-refractivity contribution in [2.75, 3.05) is 47.0 Å². The molecule has 1 aliphatic rings. The standard InChI is InChI=1S/C22H25ClN4O6S/c1-34(31,32)14-2-3-20(28)27(25-22(30)24-17-6-4-16(23)5-7-17)19-10-8-18(9-11-19)26-12-13-33-15-21(26)29/h4-11H,2-3,12-15H2,1H3,(H2,24,25,30). The summed E-state index contributed by atoms with van der Waals surface area (Å²) in [5.74, 6) is -0.819. The number of ether oxygens (including phenoxy) is 1. The molecule has 2 N–H and O–H groups in total. The maximum Gasteiger partial charge on any atom is 0.338 e. The van der Waals surface area contributed by atoms with Crippen LogP contribution in [0.4, 0.5) is 21.9 Å². The topological polar surface area (TPSA) is 125 Å². The number of anilines is 3. The number of morpholine rings is 1. The van der Waals surface area contributed by atoms with E-state index in [1.165, 1.54) is 0 Å². The lowest BCUT2D eigenvalue weighted by Gasteiger charge is -2.28. The maximum atomic E-state index is 12.9. The van der Waals surface area contributed by atoms with Gasteiger partial charge in [0.1, 0.15) is 16.4 Å². The lowest BCUT2D eigenvalue weighted by atomic mass is 10.2. The van der Waals surface area contributed by atoms with Crippen molar-refractivity contribution in [3.05, 3.63) is 53.6 Å². The summed E-state index contributed by atoms with van der Waals surface area (Å²) in [6, 6.07) is 12.3. The number of amides is 4. The van der Waals surface area contributed by atoms with Crippen molar-refractivity contribution in [3.8, 4) is 0 Å². The van der Waals surface area contributed by atoms with Gasteiger partial charge in [0.2, 0.25) is 5.91 Å². The van der Waals surface area contributed by atoms with Crippen LogP contribution < -0.4 is 20.7 Å². The van der Waals surface area contributed by atoms with Crippen LogP contribution in [-0.4, -0.2) is 58.0 Å². The quantitative estimate of drug-likeness (QED) is 0.554. The Labute approximate surface area is 202 Å². The van der Waals surface area contributed by atoms with Gasteiger partial charge in [-0.15, -0.1) is 0 Å². The van der Waals surface area contributed by atoms with Crippen LogP contribution in [0.5, 0.6) is 0 Å². The first-order chi connectivity index (χ1) is 16.1. The number of carbonyl (C=O) groups excluding carboxylic acids is 3. The molecule has 0 spiro atoms. The number of halogens is 1. The summed E-state index contributed by atoms with van der Waals surface area (Å²) in [7, 11) is -3.23. The van der Waals surface area contributed by atoms with Gasteiger partial charge in [0.15, 0.2) is 0 Å². The van der Waals surface area contributed by atoms with Crippen LogP contribution in [0.3, 0.4) is 0 Å². The van der Waals surface area contributed by atoms with Gasteiger partial charge < -0.3 is 15.0 Å². The highest BCUT2D eigenvalue weighted by molar-refractivity contribution is 7.90. The van der Waals surface area contributed by atoms with E-state index in [4.69, 9.17) is 16.3 Å². The fourth-order valence-corrected chi connectivity index (χ4v) is 4.03. The van der Waals surface area contributed by atoms with Gasteiger partial charge >= 0.3 is 6.03 Å². The van der Waals surface area contributed by atoms with E-state index >= 15 is 0 Å². The Morgan fingerprint density at radius 3 is 2.41 bits per heavy atom. The molecule has 0 aromatic heterocycles. The number of hydrogen-bond donors (Lipinski definition) is 2. The Morgan fingerprint density at radius 2 is 1.79 bits per heavy atom. The van der Waals surface area contributed by atoms with E-state index in [-0.39, 0.29) is 31.1 Å². The third kappa shape index (κ3) is 7.44. The molecule has 0 saturated carbocycles. The Bertz CT molecular complexity index is 1140. The minimum absolute atomic E-state index is 0.000869. The Balaban J connectivity index is 1.75. The number of urea groups is 1. The molecule has 4 amide bonds. The largest absolute Gasteiger partial charge is 0.370 e. The van der Waals surface area contributed by atoms with Crippen molar-refractivity contribution >= 4 is 56.3 Å². The average molecular weight is 509 g/mol. The summed E-state index contributed by atoms with van der Waals surface area (Å²) in [6.45, 7) is 0.831. The Kier molecular flexibility index (Phi) is 8.48. The van der Waals surface area contributed by atoms with Crippen LogP contribution in [0.15, 0.2) is 48.5 Å². The van der Waals surface area contributed by atoms with Crippen molar-refractivity contribution in [3.63, 3.8) is 0 Å². The Morgan fingerprint density at radius 1 is 1.12 bits per heavy atom. The van der Waals surface area contributed by atoms with Crippen LogP contribution in [0.2, 0.25) is 5.02 Å². The highest BCUT2D eigenvalue weighted by Crippen LogP contribution is 2.22. The molecule has 0 bridgehead atoms. The van der Waals surface area contributed by atoms with Crippen molar-refractivity contribution in [1.29, 1.82) is 0 Å². The lowest BCUT2D eigenvalue weighted by molar-refractivity contribution is -0.125. The van der Waals surface area contributed by atoms with Gasteiger partial charge in [0.25, 0.3) is 5.91 Å². The van der Waals surface area contributed by atoms with Gasteiger partial charge in [-0.3, -0.25) is 9.59 Å². The molecule has 3 rings (SSSR count). The molecule has 0 atom stereocenters. The molecule has 0 unspecified atom stereocenters. The third-order valence-corrected chi connectivity index (χ3v) is 6.16. The van der Waals surface area contributed by atoms with Gasteiger partial charge in [0.05, 0.1) is 18.0 Å². The zero-order valence-electron chi connectivity index (χ0n) is 18.5. The monoisotopic (exact) mass is 508 g/mol. The number of benzene rings is 2. The molecular weight excluding hydrogens is 484 g/mol. The number of hydrazine groups is 1. The van der Waals surface area contributed by atoms with Gasteiger partial charge in [-0.25, -0.2) is 23.6 Å². The van der Waals surface area contributed by atoms with Gasteiger partial charge in [-0.2, -0.15) is 0 Å². The van der Waals surface area contributed by atoms with Crippen LogP contribution in [-0.2, 0) is 24.2 Å². The first-order valence-corrected chi connectivity index (χ1v) is 12.9. The third-order valence-electron chi connectivity index (χ3n) is 4.88. The average Bonchev–Trinajstić information content (AvgIpc) is 2.79. The molecule has 0 radical (unpaired) electrons. The van der Waals surface area contributed by atoms with E-state index in [0.29, 0.717) is 35.2 Å². The summed E-state index contributed by atoms with van der Waals surface area (Å²) < 4.78 is 28.0. The second-order valence-electron chi connectivity index (χ2n) is 7.65. The van der Waals surface area contributed by atoms with Crippen molar-refractivity contribution < 1.29 is 27.5 Å². The summed E-state index contributed by atoms with van der Waals surface area (Å²) in [5, 5.41) is 4.17. The number of rotatable bonds is 7. The first-order valence-electron chi connectivity index (χ1n) is 10.4. The number of sulfone groups is 1. The second kappa shape index (κ2) is 11.3. The second-order valence-corrected chi connectivity index (χ2v) is 10.3. The zero-order valence-corrected chi connectivity index (χ0v) is 20.1. The highest BCUT2D eigenvalue weighted by Gasteiger charge is 2.22. The number of carbonyl (C=O) groups is 3. The summed E-state index contributed by atoms with van der Waals surface area (Å²) >= 11 is 5.86. The normalized spacial score (nSPS) is 13.9. The van der Waals surface area contributed by atoms with E-state index in [1.807, 2.05) is 0 Å². The van der Waals surface area contributed by atoms with Crippen molar-refractivity contribution in [2.45, 2.75) is 12.8 Å². The summed E-state index contributed by atoms with van der Waals surface area (Å²) in [4.78, 5) is 39.1. The van der Waals surface area contributed by atoms with Crippen molar-refractivity contribution in [2.24, 2.45) is 0 Å². The Hall–Kier alpha value is -3.15. The molecule has 1 aliphatic heterocycles. The van der Waals surface area contributed by atoms with Gasteiger partial charge in [-0.05, 0) is 55.0 Å². The molecule has 2 aromatic carbocycles. The smallest absolute Gasteiger partial charge is 0.338 e. The SMILES string of the molecule is CS(=O)(=O)CCCC(=O)N(NC(=O)Nc1ccc(Cl)cc1)c1ccc(N2CCOCC2=O)cc1. The molecular formula is C22H25ClN4O6S. The highest BCUT2D eigenvalue weighted by atomic mass is 35.5. The lowest BCUT2D eigenvalue weighted by Crippen LogP contribution is -2.48. The molecule has 12 heteroatoms. The maximum absolute atomic E-state index is 12.9. The predicted octanol–water partition coefficient (Wildman–Crippen LogP) is 2.60. The van der Waals surface area contributed by atoms with E-state index in [1.54, 1.807) is 53.4 Å².